The summed E-state index contributed by atoms with van der Waals surface area (Å²) in [6, 6.07) is 0.127. The van der Waals surface area contributed by atoms with Crippen LogP contribution in [-0.2, 0) is 11.2 Å². The van der Waals surface area contributed by atoms with E-state index in [0.717, 1.165) is 25.0 Å². The molecule has 0 saturated heterocycles. The fourth-order valence-electron chi connectivity index (χ4n) is 3.89. The zero-order chi connectivity index (χ0) is 20.1. The number of anilines is 1. The van der Waals surface area contributed by atoms with Crippen LogP contribution in [0, 0.1) is 5.41 Å². The third-order valence-corrected chi connectivity index (χ3v) is 6.34. The van der Waals surface area contributed by atoms with Gasteiger partial charge in [0.15, 0.2) is 10.9 Å². The minimum Gasteiger partial charge on any atom is -0.338 e. The molecule has 1 aromatic rings. The lowest BCUT2D eigenvalue weighted by Gasteiger charge is -2.26. The van der Waals surface area contributed by atoms with Crippen molar-refractivity contribution in [3.8, 4) is 0 Å². The van der Waals surface area contributed by atoms with E-state index in [-0.39, 0.29) is 29.2 Å². The number of carbonyl (C=O) groups excluding carboxylic acids is 3. The van der Waals surface area contributed by atoms with E-state index >= 15 is 0 Å². The number of thiazole rings is 1. The molecule has 0 unspecified atom stereocenters. The van der Waals surface area contributed by atoms with Crippen molar-refractivity contribution in [1.29, 1.82) is 0 Å². The summed E-state index contributed by atoms with van der Waals surface area (Å²) in [5.74, 6) is -0.0373. The molecule has 0 atom stereocenters. The highest BCUT2D eigenvalue weighted by Gasteiger charge is 2.34. The van der Waals surface area contributed by atoms with Crippen LogP contribution in [0.15, 0.2) is 0 Å². The van der Waals surface area contributed by atoms with Gasteiger partial charge in [0.25, 0.3) is 0 Å². The molecule has 0 spiro atoms. The highest BCUT2D eigenvalue weighted by molar-refractivity contribution is 7.17. The fraction of sp³-hybridized carbons (Fsp3) is 0.700. The molecular formula is C20H30N4O3S. The van der Waals surface area contributed by atoms with Gasteiger partial charge in [-0.3, -0.25) is 9.59 Å². The summed E-state index contributed by atoms with van der Waals surface area (Å²) in [7, 11) is 0. The van der Waals surface area contributed by atoms with E-state index in [9.17, 15) is 14.4 Å². The zero-order valence-electron chi connectivity index (χ0n) is 16.7. The number of fused-ring (bicyclic) bond motifs is 1. The normalized spacial score (nSPS) is 19.0. The molecule has 154 valence electrons. The Kier molecular flexibility index (Phi) is 6.69. The van der Waals surface area contributed by atoms with Crippen molar-refractivity contribution in [2.45, 2.75) is 77.7 Å². The van der Waals surface area contributed by atoms with E-state index in [0.29, 0.717) is 35.8 Å². The van der Waals surface area contributed by atoms with Crippen LogP contribution >= 0.6 is 11.3 Å². The van der Waals surface area contributed by atoms with E-state index in [2.05, 4.69) is 34.8 Å². The third kappa shape index (κ3) is 5.77. The summed E-state index contributed by atoms with van der Waals surface area (Å²) in [5.41, 5.74) is 0.714. The average Bonchev–Trinajstić information content (AvgIpc) is 3.01. The van der Waals surface area contributed by atoms with Gasteiger partial charge in [-0.15, -0.1) is 0 Å². The van der Waals surface area contributed by atoms with Crippen LogP contribution in [-0.4, -0.2) is 35.3 Å². The summed E-state index contributed by atoms with van der Waals surface area (Å²) < 4.78 is 0. The van der Waals surface area contributed by atoms with Gasteiger partial charge in [0.1, 0.15) is 0 Å². The number of rotatable bonds is 6. The van der Waals surface area contributed by atoms with Crippen molar-refractivity contribution < 1.29 is 14.4 Å². The van der Waals surface area contributed by atoms with Crippen molar-refractivity contribution in [2.75, 3.05) is 11.9 Å². The molecule has 3 amide bonds. The smallest absolute Gasteiger partial charge is 0.315 e. The number of aromatic nitrogens is 1. The van der Waals surface area contributed by atoms with E-state index in [1.807, 2.05) is 0 Å². The topological polar surface area (TPSA) is 100 Å². The predicted octanol–water partition coefficient (Wildman–Crippen LogP) is 3.65. The van der Waals surface area contributed by atoms with Crippen LogP contribution in [0.2, 0.25) is 0 Å². The highest BCUT2D eigenvalue weighted by Crippen LogP contribution is 2.38. The van der Waals surface area contributed by atoms with Crippen molar-refractivity contribution >= 4 is 34.2 Å². The summed E-state index contributed by atoms with van der Waals surface area (Å²) in [6.07, 6.45) is 7.82. The van der Waals surface area contributed by atoms with Gasteiger partial charge >= 0.3 is 6.03 Å². The van der Waals surface area contributed by atoms with Gasteiger partial charge in [0.2, 0.25) is 5.91 Å². The highest BCUT2D eigenvalue weighted by atomic mass is 32.1. The summed E-state index contributed by atoms with van der Waals surface area (Å²) in [6.45, 7) is 4.57. The molecule has 1 aromatic heterocycles. The van der Waals surface area contributed by atoms with Gasteiger partial charge in [0.05, 0.1) is 10.6 Å². The maximum absolute atomic E-state index is 12.2. The Morgan fingerprint density at radius 1 is 1.18 bits per heavy atom. The minimum atomic E-state index is -0.152. The monoisotopic (exact) mass is 406 g/mol. The molecule has 1 heterocycles. The SMILES string of the molecule is CC1(C)CC(=O)c2sc(NC(=O)CCCNC(=O)NC3CCCCC3)nc2C1. The second-order valence-corrected chi connectivity index (χ2v) is 9.62. The number of Topliss-reactive ketones (excluding diaryl/α,β-unsaturated/α-hetero) is 1. The van der Waals surface area contributed by atoms with Crippen LogP contribution in [0.25, 0.3) is 0 Å². The second-order valence-electron chi connectivity index (χ2n) is 8.62. The van der Waals surface area contributed by atoms with E-state index in [1.165, 1.54) is 30.6 Å². The number of ketones is 1. The quantitative estimate of drug-likeness (QED) is 0.628. The predicted molar refractivity (Wildman–Crippen MR) is 110 cm³/mol. The Hall–Kier alpha value is -1.96. The van der Waals surface area contributed by atoms with Gasteiger partial charge < -0.3 is 16.0 Å². The first kappa shape index (κ1) is 20.8. The van der Waals surface area contributed by atoms with Crippen molar-refractivity contribution in [1.82, 2.24) is 15.6 Å². The molecule has 2 aliphatic rings. The Morgan fingerprint density at radius 2 is 1.93 bits per heavy atom. The molecule has 8 heteroatoms. The Morgan fingerprint density at radius 3 is 2.68 bits per heavy atom. The number of amides is 3. The molecular weight excluding hydrogens is 376 g/mol. The van der Waals surface area contributed by atoms with E-state index in [1.54, 1.807) is 0 Å². The third-order valence-electron chi connectivity index (χ3n) is 5.29. The average molecular weight is 407 g/mol. The lowest BCUT2D eigenvalue weighted by Crippen LogP contribution is -2.43. The van der Waals surface area contributed by atoms with Crippen molar-refractivity contribution in [2.24, 2.45) is 5.41 Å². The van der Waals surface area contributed by atoms with Crippen LogP contribution < -0.4 is 16.0 Å². The lowest BCUT2D eigenvalue weighted by atomic mass is 9.78. The molecule has 2 aliphatic carbocycles. The molecule has 0 bridgehead atoms. The lowest BCUT2D eigenvalue weighted by molar-refractivity contribution is -0.116. The Labute approximate surface area is 170 Å². The first-order valence-corrected chi connectivity index (χ1v) is 11.0. The summed E-state index contributed by atoms with van der Waals surface area (Å²) >= 11 is 1.26. The van der Waals surface area contributed by atoms with Gasteiger partial charge in [-0.05, 0) is 31.1 Å². The van der Waals surface area contributed by atoms with E-state index in [4.69, 9.17) is 0 Å². The minimum absolute atomic E-state index is 0.0801. The standard InChI is InChI=1S/C20H30N4O3S/c1-20(2)11-14-17(15(25)12-20)28-19(23-14)24-16(26)9-6-10-21-18(27)22-13-7-4-3-5-8-13/h13H,3-12H2,1-2H3,(H2,21,22,27)(H,23,24,26). The maximum Gasteiger partial charge on any atom is 0.315 e. The number of urea groups is 1. The largest absolute Gasteiger partial charge is 0.338 e. The molecule has 3 N–H and O–H groups in total. The van der Waals surface area contributed by atoms with Crippen LogP contribution in [0.3, 0.4) is 0 Å². The number of carbonyl (C=O) groups is 3. The molecule has 7 nitrogen and oxygen atoms in total. The maximum atomic E-state index is 12.2. The first-order valence-electron chi connectivity index (χ1n) is 10.2. The number of hydrogen-bond acceptors (Lipinski definition) is 5. The number of hydrogen-bond donors (Lipinski definition) is 3. The van der Waals surface area contributed by atoms with Crippen molar-refractivity contribution in [3.63, 3.8) is 0 Å². The Bertz CT molecular complexity index is 738. The van der Waals surface area contributed by atoms with Gasteiger partial charge in [-0.2, -0.15) is 0 Å². The van der Waals surface area contributed by atoms with Crippen LogP contribution in [0.5, 0.6) is 0 Å². The molecule has 1 fully saturated rings. The first-order chi connectivity index (χ1) is 13.3. The Balaban J connectivity index is 1.37. The zero-order valence-corrected chi connectivity index (χ0v) is 17.5. The van der Waals surface area contributed by atoms with Crippen LogP contribution in [0.4, 0.5) is 9.93 Å². The molecule has 0 radical (unpaired) electrons. The van der Waals surface area contributed by atoms with Gasteiger partial charge in [0, 0.05) is 25.4 Å². The fourth-order valence-corrected chi connectivity index (χ4v) is 4.83. The molecule has 1 saturated carbocycles. The molecule has 3 rings (SSSR count). The number of nitrogens with one attached hydrogen (secondary N) is 3. The molecule has 0 aliphatic heterocycles. The van der Waals surface area contributed by atoms with Crippen molar-refractivity contribution in [3.05, 3.63) is 10.6 Å². The van der Waals surface area contributed by atoms with Gasteiger partial charge in [-0.1, -0.05) is 44.4 Å². The second kappa shape index (κ2) is 9.03. The van der Waals surface area contributed by atoms with Crippen LogP contribution in [0.1, 0.15) is 80.6 Å². The molecule has 28 heavy (non-hydrogen) atoms. The van der Waals surface area contributed by atoms with E-state index < -0.39 is 0 Å². The number of nitrogens with zero attached hydrogens (tertiary/aromatic N) is 1. The summed E-state index contributed by atoms with van der Waals surface area (Å²) in [5, 5.41) is 9.09. The summed E-state index contributed by atoms with van der Waals surface area (Å²) in [4.78, 5) is 41.4. The van der Waals surface area contributed by atoms with Gasteiger partial charge in [-0.25, -0.2) is 9.78 Å². The molecule has 0 aromatic carbocycles.